The molecule has 0 fully saturated rings. The van der Waals surface area contributed by atoms with E-state index >= 15 is 0 Å². The summed E-state index contributed by atoms with van der Waals surface area (Å²) in [5.74, 6) is -0.189. The van der Waals surface area contributed by atoms with Crippen LogP contribution in [0.3, 0.4) is 0 Å². The molecule has 19 heavy (non-hydrogen) atoms. The molecule has 0 amide bonds. The second-order valence-electron chi connectivity index (χ2n) is 4.89. The highest BCUT2D eigenvalue weighted by Crippen LogP contribution is 2.31. The summed E-state index contributed by atoms with van der Waals surface area (Å²) in [6, 6.07) is 5.81. The summed E-state index contributed by atoms with van der Waals surface area (Å²) in [6.45, 7) is 0.898. The van der Waals surface area contributed by atoms with Crippen LogP contribution in [0.1, 0.15) is 23.7 Å². The monoisotopic (exact) mass is 260 g/mol. The van der Waals surface area contributed by atoms with E-state index in [-0.39, 0.29) is 12.5 Å². The second kappa shape index (κ2) is 4.59. The van der Waals surface area contributed by atoms with Crippen LogP contribution in [0.2, 0.25) is 0 Å². The normalized spacial score (nSPS) is 18.3. The van der Waals surface area contributed by atoms with Crippen molar-refractivity contribution in [3.63, 3.8) is 0 Å². The van der Waals surface area contributed by atoms with Crippen LogP contribution >= 0.6 is 0 Å². The van der Waals surface area contributed by atoms with Gasteiger partial charge in [-0.2, -0.15) is 0 Å². The SMILES string of the molecule is COc1ccc2[nH]c3c(c2c1)CC[NH2+]C3CC(=O)[O-]. The molecule has 5 nitrogen and oxygen atoms in total. The molecule has 0 aliphatic carbocycles. The number of rotatable bonds is 3. The number of fused-ring (bicyclic) bond motifs is 3. The van der Waals surface area contributed by atoms with Gasteiger partial charge in [0.1, 0.15) is 11.8 Å². The van der Waals surface area contributed by atoms with Gasteiger partial charge >= 0.3 is 0 Å². The van der Waals surface area contributed by atoms with Crippen LogP contribution in [-0.4, -0.2) is 24.6 Å². The summed E-state index contributed by atoms with van der Waals surface area (Å²) in [7, 11) is 1.65. The Morgan fingerprint density at radius 1 is 1.58 bits per heavy atom. The molecule has 3 rings (SSSR count). The first-order chi connectivity index (χ1) is 9.19. The third-order valence-corrected chi connectivity index (χ3v) is 3.75. The molecule has 0 bridgehead atoms. The maximum atomic E-state index is 10.8. The molecule has 1 atom stereocenters. The van der Waals surface area contributed by atoms with Gasteiger partial charge in [0.2, 0.25) is 0 Å². The number of quaternary nitrogens is 1. The molecule has 1 unspecified atom stereocenters. The van der Waals surface area contributed by atoms with Gasteiger partial charge in [-0.1, -0.05) is 0 Å². The number of nitrogens with one attached hydrogen (secondary N) is 1. The molecule has 2 heterocycles. The molecule has 1 aliphatic heterocycles. The molecule has 5 heteroatoms. The molecule has 0 saturated heterocycles. The highest BCUT2D eigenvalue weighted by Gasteiger charge is 2.27. The zero-order valence-corrected chi connectivity index (χ0v) is 10.7. The first kappa shape index (κ1) is 12.0. The van der Waals surface area contributed by atoms with Crippen molar-refractivity contribution in [2.75, 3.05) is 13.7 Å². The Kier molecular flexibility index (Phi) is 2.91. The Balaban J connectivity index is 2.10. The van der Waals surface area contributed by atoms with Crippen molar-refractivity contribution in [3.8, 4) is 5.75 Å². The Bertz CT molecular complexity index is 633. The van der Waals surface area contributed by atoms with Crippen molar-refractivity contribution in [3.05, 3.63) is 29.5 Å². The maximum absolute atomic E-state index is 10.8. The molecule has 1 aromatic carbocycles. The number of aromatic nitrogens is 1. The predicted octanol–water partition coefficient (Wildman–Crippen LogP) is -0.523. The minimum atomic E-state index is -1.01. The van der Waals surface area contributed by atoms with E-state index in [4.69, 9.17) is 4.74 Å². The number of methoxy groups -OCH3 is 1. The first-order valence-electron chi connectivity index (χ1n) is 6.40. The van der Waals surface area contributed by atoms with Crippen LogP contribution in [0.5, 0.6) is 5.75 Å². The van der Waals surface area contributed by atoms with Gasteiger partial charge < -0.3 is 24.9 Å². The molecule has 3 N–H and O–H groups in total. The summed E-state index contributed by atoms with van der Waals surface area (Å²) >= 11 is 0. The van der Waals surface area contributed by atoms with E-state index in [0.717, 1.165) is 35.3 Å². The quantitative estimate of drug-likeness (QED) is 0.779. The number of carboxylic acid groups (broad SMARTS) is 1. The molecule has 0 saturated carbocycles. The van der Waals surface area contributed by atoms with E-state index in [1.54, 1.807) is 7.11 Å². The van der Waals surface area contributed by atoms with E-state index in [2.05, 4.69) is 10.3 Å². The van der Waals surface area contributed by atoms with Crippen molar-refractivity contribution in [2.24, 2.45) is 0 Å². The number of hydrogen-bond acceptors (Lipinski definition) is 3. The molecule has 100 valence electrons. The van der Waals surface area contributed by atoms with Gasteiger partial charge in [-0.3, -0.25) is 0 Å². The lowest BCUT2D eigenvalue weighted by Gasteiger charge is -2.21. The molecule has 1 aliphatic rings. The number of H-pyrrole nitrogens is 1. The smallest absolute Gasteiger partial charge is 0.132 e. The van der Waals surface area contributed by atoms with Gasteiger partial charge in [-0.05, 0) is 23.8 Å². The average molecular weight is 260 g/mol. The van der Waals surface area contributed by atoms with Crippen LogP contribution in [-0.2, 0) is 11.2 Å². The number of carbonyl (C=O) groups is 1. The van der Waals surface area contributed by atoms with E-state index in [1.807, 2.05) is 18.2 Å². The minimum absolute atomic E-state index is 0.0386. The summed E-state index contributed by atoms with van der Waals surface area (Å²) in [5, 5.41) is 14.0. The van der Waals surface area contributed by atoms with Gasteiger partial charge in [0, 0.05) is 29.7 Å². The highest BCUT2D eigenvalue weighted by molar-refractivity contribution is 5.86. The standard InChI is InChI=1S/C14H16N2O3/c1-19-8-2-3-11-10(6-8)9-4-5-15-12(7-13(17)18)14(9)16-11/h2-3,6,12,15-16H,4-5,7H2,1H3,(H,17,18). The van der Waals surface area contributed by atoms with Crippen LogP contribution in [0, 0.1) is 0 Å². The van der Waals surface area contributed by atoms with Crippen molar-refractivity contribution in [1.29, 1.82) is 0 Å². The van der Waals surface area contributed by atoms with Gasteiger partial charge in [0.25, 0.3) is 0 Å². The van der Waals surface area contributed by atoms with E-state index in [0.29, 0.717) is 0 Å². The van der Waals surface area contributed by atoms with Crippen molar-refractivity contribution < 1.29 is 20.0 Å². The van der Waals surface area contributed by atoms with Crippen molar-refractivity contribution >= 4 is 16.9 Å². The summed E-state index contributed by atoms with van der Waals surface area (Å²) in [4.78, 5) is 14.2. The zero-order valence-electron chi connectivity index (χ0n) is 10.7. The second-order valence-corrected chi connectivity index (χ2v) is 4.89. The number of aromatic amines is 1. The lowest BCUT2D eigenvalue weighted by molar-refractivity contribution is -0.699. The van der Waals surface area contributed by atoms with Gasteiger partial charge in [0.15, 0.2) is 0 Å². The maximum Gasteiger partial charge on any atom is 0.132 e. The number of benzene rings is 1. The summed E-state index contributed by atoms with van der Waals surface area (Å²) < 4.78 is 5.25. The Morgan fingerprint density at radius 2 is 2.42 bits per heavy atom. The average Bonchev–Trinajstić information content (AvgIpc) is 2.77. The number of ether oxygens (including phenoxy) is 1. The Labute approximate surface area is 110 Å². The van der Waals surface area contributed by atoms with Crippen LogP contribution in [0.25, 0.3) is 10.9 Å². The van der Waals surface area contributed by atoms with E-state index in [1.165, 1.54) is 5.56 Å². The van der Waals surface area contributed by atoms with Gasteiger partial charge in [0.05, 0.1) is 19.3 Å². The molecule has 1 aromatic heterocycles. The summed E-state index contributed by atoms with van der Waals surface area (Å²) in [5.41, 5.74) is 3.26. The van der Waals surface area contributed by atoms with Crippen LogP contribution in [0.15, 0.2) is 18.2 Å². The third kappa shape index (κ3) is 2.06. The topological polar surface area (TPSA) is 81.8 Å². The van der Waals surface area contributed by atoms with E-state index in [9.17, 15) is 9.90 Å². The summed E-state index contributed by atoms with van der Waals surface area (Å²) in [6.07, 6.45) is 0.975. The molecular formula is C14H16N2O3. The minimum Gasteiger partial charge on any atom is -0.550 e. The number of nitrogens with two attached hydrogens (primary N) is 1. The number of carboxylic acids is 1. The van der Waals surface area contributed by atoms with Crippen molar-refractivity contribution in [1.82, 2.24) is 4.98 Å². The number of aliphatic carboxylic acids is 1. The predicted molar refractivity (Wildman–Crippen MR) is 67.7 cm³/mol. The molecule has 0 spiro atoms. The van der Waals surface area contributed by atoms with Crippen LogP contribution in [0.4, 0.5) is 0 Å². The van der Waals surface area contributed by atoms with Crippen molar-refractivity contribution in [2.45, 2.75) is 18.9 Å². The van der Waals surface area contributed by atoms with Gasteiger partial charge in [-0.15, -0.1) is 0 Å². The lowest BCUT2D eigenvalue weighted by atomic mass is 9.97. The zero-order chi connectivity index (χ0) is 13.4. The first-order valence-corrected chi connectivity index (χ1v) is 6.40. The number of carbonyl (C=O) groups excluding carboxylic acids is 1. The fraction of sp³-hybridized carbons (Fsp3) is 0.357. The highest BCUT2D eigenvalue weighted by atomic mass is 16.5. The molecular weight excluding hydrogens is 244 g/mol. The Morgan fingerprint density at radius 3 is 3.16 bits per heavy atom. The fourth-order valence-electron chi connectivity index (χ4n) is 2.87. The third-order valence-electron chi connectivity index (χ3n) is 3.75. The number of hydrogen-bond donors (Lipinski definition) is 2. The van der Waals surface area contributed by atoms with Gasteiger partial charge in [-0.25, -0.2) is 0 Å². The van der Waals surface area contributed by atoms with Crippen LogP contribution < -0.4 is 15.2 Å². The largest absolute Gasteiger partial charge is 0.550 e. The molecule has 2 aromatic rings. The lowest BCUT2D eigenvalue weighted by Crippen LogP contribution is -2.87. The molecule has 0 radical (unpaired) electrons. The Hall–Kier alpha value is -2.01. The van der Waals surface area contributed by atoms with E-state index < -0.39 is 5.97 Å². The fourth-order valence-corrected chi connectivity index (χ4v) is 2.87.